The number of benzene rings is 1. The van der Waals surface area contributed by atoms with E-state index in [1.54, 1.807) is 0 Å². The molecule has 2 aliphatic rings. The van der Waals surface area contributed by atoms with Gasteiger partial charge >= 0.3 is 0 Å². The fourth-order valence-electron chi connectivity index (χ4n) is 3.82. The molecule has 1 aliphatic heterocycles. The SMILES string of the molecule is O=C(Cc1cc2ccccc2[nH]c1=O)N1CCO[C@@H]2CCC[C@H]21. The molecule has 5 nitrogen and oxygen atoms in total. The van der Waals surface area contributed by atoms with Crippen molar-refractivity contribution in [2.75, 3.05) is 13.2 Å². The number of carbonyl (C=O) groups excluding carboxylic acids is 1. The van der Waals surface area contributed by atoms with E-state index in [0.717, 1.165) is 30.2 Å². The predicted octanol–water partition coefficient (Wildman–Crippen LogP) is 1.85. The molecule has 1 saturated carbocycles. The van der Waals surface area contributed by atoms with Crippen molar-refractivity contribution in [2.24, 2.45) is 0 Å². The fourth-order valence-corrected chi connectivity index (χ4v) is 3.82. The lowest BCUT2D eigenvalue weighted by molar-refractivity contribution is -0.143. The van der Waals surface area contributed by atoms with E-state index in [1.807, 2.05) is 35.2 Å². The average molecular weight is 312 g/mol. The molecule has 4 rings (SSSR count). The van der Waals surface area contributed by atoms with E-state index in [4.69, 9.17) is 4.74 Å². The van der Waals surface area contributed by atoms with Crippen LogP contribution >= 0.6 is 0 Å². The molecule has 1 aromatic carbocycles. The molecule has 1 aromatic heterocycles. The summed E-state index contributed by atoms with van der Waals surface area (Å²) < 4.78 is 5.75. The Morgan fingerprint density at radius 3 is 3.09 bits per heavy atom. The van der Waals surface area contributed by atoms with Crippen molar-refractivity contribution in [3.8, 4) is 0 Å². The minimum absolute atomic E-state index is 0.0333. The van der Waals surface area contributed by atoms with E-state index >= 15 is 0 Å². The lowest BCUT2D eigenvalue weighted by Crippen LogP contribution is -2.51. The topological polar surface area (TPSA) is 62.4 Å². The van der Waals surface area contributed by atoms with Crippen molar-refractivity contribution in [1.82, 2.24) is 9.88 Å². The molecule has 2 aromatic rings. The molecule has 0 radical (unpaired) electrons. The van der Waals surface area contributed by atoms with Gasteiger partial charge in [0.25, 0.3) is 5.56 Å². The smallest absolute Gasteiger partial charge is 0.252 e. The minimum Gasteiger partial charge on any atom is -0.374 e. The lowest BCUT2D eigenvalue weighted by atomic mass is 10.1. The van der Waals surface area contributed by atoms with E-state index in [2.05, 4.69) is 4.98 Å². The summed E-state index contributed by atoms with van der Waals surface area (Å²) in [6.45, 7) is 1.23. The van der Waals surface area contributed by atoms with Crippen molar-refractivity contribution >= 4 is 16.8 Å². The fraction of sp³-hybridized carbons (Fsp3) is 0.444. The molecule has 2 fully saturated rings. The Kier molecular flexibility index (Phi) is 3.65. The van der Waals surface area contributed by atoms with Crippen LogP contribution in [0.1, 0.15) is 24.8 Å². The van der Waals surface area contributed by atoms with Crippen molar-refractivity contribution in [3.63, 3.8) is 0 Å². The van der Waals surface area contributed by atoms with Crippen LogP contribution in [0.2, 0.25) is 0 Å². The summed E-state index contributed by atoms with van der Waals surface area (Å²) in [5.41, 5.74) is 1.17. The Labute approximate surface area is 134 Å². The highest BCUT2D eigenvalue weighted by molar-refractivity contribution is 5.83. The molecule has 5 heteroatoms. The summed E-state index contributed by atoms with van der Waals surface area (Å²) >= 11 is 0. The van der Waals surface area contributed by atoms with Gasteiger partial charge in [0.1, 0.15) is 0 Å². The first-order valence-electron chi connectivity index (χ1n) is 8.24. The summed E-state index contributed by atoms with van der Waals surface area (Å²) in [6, 6.07) is 9.65. The van der Waals surface area contributed by atoms with Crippen molar-refractivity contribution < 1.29 is 9.53 Å². The third-order valence-corrected chi connectivity index (χ3v) is 4.97. The van der Waals surface area contributed by atoms with Gasteiger partial charge in [-0.3, -0.25) is 9.59 Å². The number of rotatable bonds is 2. The van der Waals surface area contributed by atoms with Crippen molar-refractivity contribution in [3.05, 3.63) is 46.2 Å². The Bertz CT molecular complexity index is 798. The van der Waals surface area contributed by atoms with Crippen LogP contribution < -0.4 is 5.56 Å². The molecular formula is C18H20N2O3. The number of fused-ring (bicyclic) bond motifs is 2. The normalized spacial score (nSPS) is 23.9. The van der Waals surface area contributed by atoms with Gasteiger partial charge in [-0.15, -0.1) is 0 Å². The van der Waals surface area contributed by atoms with Gasteiger partial charge in [-0.1, -0.05) is 18.2 Å². The van der Waals surface area contributed by atoms with Crippen LogP contribution in [0.25, 0.3) is 10.9 Å². The van der Waals surface area contributed by atoms with Crippen molar-refractivity contribution in [1.29, 1.82) is 0 Å². The molecule has 2 heterocycles. The number of pyridine rings is 1. The molecule has 0 bridgehead atoms. The maximum atomic E-state index is 12.7. The number of hydrogen-bond donors (Lipinski definition) is 1. The summed E-state index contributed by atoms with van der Waals surface area (Å²) in [5, 5.41) is 0.954. The predicted molar refractivity (Wildman–Crippen MR) is 87.4 cm³/mol. The monoisotopic (exact) mass is 312 g/mol. The van der Waals surface area contributed by atoms with Gasteiger partial charge in [0, 0.05) is 17.6 Å². The first-order valence-corrected chi connectivity index (χ1v) is 8.24. The molecular weight excluding hydrogens is 292 g/mol. The van der Waals surface area contributed by atoms with E-state index in [-0.39, 0.29) is 30.0 Å². The van der Waals surface area contributed by atoms with Gasteiger partial charge in [-0.05, 0) is 36.8 Å². The summed E-state index contributed by atoms with van der Waals surface area (Å²) in [7, 11) is 0. The summed E-state index contributed by atoms with van der Waals surface area (Å²) in [5.74, 6) is 0.0333. The van der Waals surface area contributed by atoms with Gasteiger partial charge in [-0.25, -0.2) is 0 Å². The lowest BCUT2D eigenvalue weighted by Gasteiger charge is -2.37. The number of nitrogens with zero attached hydrogens (tertiary/aromatic N) is 1. The first kappa shape index (κ1) is 14.5. The zero-order valence-electron chi connectivity index (χ0n) is 13.0. The van der Waals surface area contributed by atoms with Crippen LogP contribution in [0, 0.1) is 0 Å². The Morgan fingerprint density at radius 1 is 1.30 bits per heavy atom. The number of aromatic nitrogens is 1. The molecule has 2 atom stereocenters. The van der Waals surface area contributed by atoms with E-state index in [1.165, 1.54) is 0 Å². The molecule has 0 spiro atoms. The van der Waals surface area contributed by atoms with Gasteiger partial charge in [0.2, 0.25) is 5.91 Å². The Morgan fingerprint density at radius 2 is 2.17 bits per heavy atom. The summed E-state index contributed by atoms with van der Waals surface area (Å²) in [6.07, 6.45) is 3.48. The van der Waals surface area contributed by atoms with Crippen LogP contribution in [0.15, 0.2) is 35.1 Å². The average Bonchev–Trinajstić information content (AvgIpc) is 3.04. The number of carbonyl (C=O) groups is 1. The number of ether oxygens (including phenoxy) is 1. The van der Waals surface area contributed by atoms with Crippen molar-refractivity contribution in [2.45, 2.75) is 37.8 Å². The number of para-hydroxylation sites is 1. The second kappa shape index (κ2) is 5.81. The van der Waals surface area contributed by atoms with E-state index in [9.17, 15) is 9.59 Å². The van der Waals surface area contributed by atoms with Gasteiger partial charge in [0.15, 0.2) is 0 Å². The van der Waals surface area contributed by atoms with Crippen LogP contribution in [-0.2, 0) is 16.0 Å². The van der Waals surface area contributed by atoms with Gasteiger partial charge in [0.05, 0.1) is 25.2 Å². The maximum absolute atomic E-state index is 12.7. The second-order valence-corrected chi connectivity index (χ2v) is 6.38. The zero-order chi connectivity index (χ0) is 15.8. The number of hydrogen-bond acceptors (Lipinski definition) is 3. The minimum atomic E-state index is -0.173. The molecule has 1 saturated heterocycles. The van der Waals surface area contributed by atoms with Crippen LogP contribution in [-0.4, -0.2) is 41.1 Å². The quantitative estimate of drug-likeness (QED) is 0.920. The second-order valence-electron chi connectivity index (χ2n) is 6.38. The Balaban J connectivity index is 1.58. The maximum Gasteiger partial charge on any atom is 0.252 e. The number of H-pyrrole nitrogens is 1. The van der Waals surface area contributed by atoms with Crippen LogP contribution in [0.4, 0.5) is 0 Å². The number of amides is 1. The number of morpholine rings is 1. The molecule has 120 valence electrons. The zero-order valence-corrected chi connectivity index (χ0v) is 13.0. The first-order chi connectivity index (χ1) is 11.2. The highest BCUT2D eigenvalue weighted by atomic mass is 16.5. The number of aromatic amines is 1. The standard InChI is InChI=1S/C18H20N2O3/c21-17(20-8-9-23-16-7-3-6-15(16)20)11-13-10-12-4-1-2-5-14(12)19-18(13)22/h1-2,4-5,10,15-16H,3,6-9,11H2,(H,19,22)/t15-,16-/m1/s1. The highest BCUT2D eigenvalue weighted by Gasteiger charge is 2.38. The van der Waals surface area contributed by atoms with E-state index in [0.29, 0.717) is 18.7 Å². The van der Waals surface area contributed by atoms with Gasteiger partial charge < -0.3 is 14.6 Å². The molecule has 1 amide bonds. The van der Waals surface area contributed by atoms with Gasteiger partial charge in [-0.2, -0.15) is 0 Å². The highest BCUT2D eigenvalue weighted by Crippen LogP contribution is 2.30. The van der Waals surface area contributed by atoms with Crippen LogP contribution in [0.3, 0.4) is 0 Å². The third kappa shape index (κ3) is 2.65. The largest absolute Gasteiger partial charge is 0.374 e. The molecule has 1 aliphatic carbocycles. The number of nitrogens with one attached hydrogen (secondary N) is 1. The summed E-state index contributed by atoms with van der Waals surface area (Å²) in [4.78, 5) is 29.7. The third-order valence-electron chi connectivity index (χ3n) is 4.97. The molecule has 0 unspecified atom stereocenters. The molecule has 23 heavy (non-hydrogen) atoms. The molecule has 1 N–H and O–H groups in total. The Hall–Kier alpha value is -2.14. The van der Waals surface area contributed by atoms with E-state index < -0.39 is 0 Å². The van der Waals surface area contributed by atoms with Crippen LogP contribution in [0.5, 0.6) is 0 Å².